The quantitative estimate of drug-likeness (QED) is 0.561. The van der Waals surface area contributed by atoms with Crippen LogP contribution in [0.1, 0.15) is 52.3 Å². The Labute approximate surface area is 189 Å². The summed E-state index contributed by atoms with van der Waals surface area (Å²) in [5.74, 6) is 0. The first-order valence-corrected chi connectivity index (χ1v) is 11.2. The number of hydrogen-bond donors (Lipinski definition) is 2. The summed E-state index contributed by atoms with van der Waals surface area (Å²) in [4.78, 5) is 6.83. The van der Waals surface area contributed by atoms with Crippen LogP contribution in [0.5, 0.6) is 0 Å². The summed E-state index contributed by atoms with van der Waals surface area (Å²) in [6, 6.07) is 14.9. The molecule has 6 heteroatoms. The van der Waals surface area contributed by atoms with Crippen molar-refractivity contribution < 1.29 is 5.11 Å². The van der Waals surface area contributed by atoms with E-state index >= 15 is 0 Å². The van der Waals surface area contributed by atoms with E-state index < -0.39 is 0 Å². The lowest BCUT2D eigenvalue weighted by atomic mass is 9.96. The first kappa shape index (κ1) is 21.5. The van der Waals surface area contributed by atoms with Crippen molar-refractivity contribution in [2.75, 3.05) is 13.2 Å². The lowest BCUT2D eigenvalue weighted by Crippen LogP contribution is -2.31. The van der Waals surface area contributed by atoms with E-state index in [1.54, 1.807) is 0 Å². The standard InChI is InChI=1S/C25H30N4OS/c1-16-12-17(2)14-20(13-16)29-18(3)15-21(19(29)4)24-23(22-8-5-6-9-26-22)27-25(31)28(24)10-7-11-30/h5-6,8-9,12-15,23-24,30H,7,10-11H2,1-4H3,(H,27,31)/t23-,24+/m1/s1. The van der Waals surface area contributed by atoms with E-state index in [4.69, 9.17) is 12.2 Å². The highest BCUT2D eigenvalue weighted by Gasteiger charge is 2.41. The normalized spacial score (nSPS) is 18.5. The molecule has 0 saturated carbocycles. The summed E-state index contributed by atoms with van der Waals surface area (Å²) in [5.41, 5.74) is 8.29. The smallest absolute Gasteiger partial charge is 0.170 e. The van der Waals surface area contributed by atoms with E-state index in [0.29, 0.717) is 18.1 Å². The van der Waals surface area contributed by atoms with Crippen molar-refractivity contribution in [1.29, 1.82) is 0 Å². The number of aryl methyl sites for hydroxylation is 3. The van der Waals surface area contributed by atoms with E-state index in [1.807, 2.05) is 24.4 Å². The number of aliphatic hydroxyl groups excluding tert-OH is 1. The molecule has 0 aliphatic carbocycles. The number of benzene rings is 1. The Morgan fingerprint density at radius 2 is 1.81 bits per heavy atom. The van der Waals surface area contributed by atoms with Crippen LogP contribution in [0.2, 0.25) is 0 Å². The molecule has 2 N–H and O–H groups in total. The largest absolute Gasteiger partial charge is 0.396 e. The fraction of sp³-hybridized carbons (Fsp3) is 0.360. The van der Waals surface area contributed by atoms with E-state index in [0.717, 1.165) is 5.69 Å². The number of aromatic nitrogens is 2. The van der Waals surface area contributed by atoms with E-state index in [2.05, 4.69) is 71.7 Å². The minimum atomic E-state index is -0.0411. The van der Waals surface area contributed by atoms with Gasteiger partial charge >= 0.3 is 0 Å². The maximum Gasteiger partial charge on any atom is 0.170 e. The first-order valence-electron chi connectivity index (χ1n) is 10.8. The second kappa shape index (κ2) is 8.81. The zero-order chi connectivity index (χ0) is 22.1. The molecule has 31 heavy (non-hydrogen) atoms. The third-order valence-electron chi connectivity index (χ3n) is 6.01. The predicted molar refractivity (Wildman–Crippen MR) is 129 cm³/mol. The summed E-state index contributed by atoms with van der Waals surface area (Å²) in [5, 5.41) is 13.7. The van der Waals surface area contributed by atoms with Crippen molar-refractivity contribution in [3.05, 3.63) is 82.4 Å². The number of pyridine rings is 1. The maximum atomic E-state index is 9.45. The van der Waals surface area contributed by atoms with Gasteiger partial charge in [0.1, 0.15) is 0 Å². The fourth-order valence-electron chi connectivity index (χ4n) is 4.79. The molecule has 1 aromatic carbocycles. The molecule has 1 aliphatic rings. The van der Waals surface area contributed by atoms with Gasteiger partial charge in [0.15, 0.2) is 5.11 Å². The summed E-state index contributed by atoms with van der Waals surface area (Å²) in [7, 11) is 0. The summed E-state index contributed by atoms with van der Waals surface area (Å²) >= 11 is 5.72. The zero-order valence-corrected chi connectivity index (χ0v) is 19.4. The molecule has 0 radical (unpaired) electrons. The predicted octanol–water partition coefficient (Wildman–Crippen LogP) is 4.46. The molecule has 1 saturated heterocycles. The number of hydrogen-bond acceptors (Lipinski definition) is 3. The Kier molecular flexibility index (Phi) is 6.12. The minimum Gasteiger partial charge on any atom is -0.396 e. The van der Waals surface area contributed by atoms with Crippen LogP contribution in [-0.4, -0.2) is 37.8 Å². The lowest BCUT2D eigenvalue weighted by molar-refractivity contribution is 0.247. The van der Waals surface area contributed by atoms with Crippen molar-refractivity contribution in [3.8, 4) is 5.69 Å². The SMILES string of the molecule is Cc1cc(C)cc(-n2c(C)cc([C@H]3[C@@H](c4ccccn4)NC(=S)N3CCCO)c2C)c1. The minimum absolute atomic E-state index is 0.0137. The summed E-state index contributed by atoms with van der Waals surface area (Å²) in [6.45, 7) is 9.45. The molecule has 3 heterocycles. The third-order valence-corrected chi connectivity index (χ3v) is 6.36. The molecule has 5 nitrogen and oxygen atoms in total. The highest BCUT2D eigenvalue weighted by molar-refractivity contribution is 7.80. The topological polar surface area (TPSA) is 53.3 Å². The van der Waals surface area contributed by atoms with Gasteiger partial charge in [-0.3, -0.25) is 4.98 Å². The maximum absolute atomic E-state index is 9.45. The Morgan fingerprint density at radius 1 is 1.06 bits per heavy atom. The van der Waals surface area contributed by atoms with Gasteiger partial charge in [0.05, 0.1) is 17.8 Å². The van der Waals surface area contributed by atoms with Gasteiger partial charge in [-0.15, -0.1) is 0 Å². The van der Waals surface area contributed by atoms with Gasteiger partial charge in [0.25, 0.3) is 0 Å². The van der Waals surface area contributed by atoms with Gasteiger partial charge in [0.2, 0.25) is 0 Å². The number of rotatable bonds is 6. The Balaban J connectivity index is 1.83. The average molecular weight is 435 g/mol. The molecule has 0 unspecified atom stereocenters. The van der Waals surface area contributed by atoms with Crippen LogP contribution in [0.3, 0.4) is 0 Å². The van der Waals surface area contributed by atoms with Crippen LogP contribution < -0.4 is 5.32 Å². The molecule has 0 spiro atoms. The van der Waals surface area contributed by atoms with Gasteiger partial charge in [0, 0.05) is 36.4 Å². The first-order chi connectivity index (χ1) is 14.9. The van der Waals surface area contributed by atoms with Gasteiger partial charge in [-0.25, -0.2) is 0 Å². The fourth-order valence-corrected chi connectivity index (χ4v) is 5.12. The van der Waals surface area contributed by atoms with E-state index in [9.17, 15) is 5.11 Å². The molecule has 1 fully saturated rings. The molecule has 2 atom stereocenters. The van der Waals surface area contributed by atoms with Gasteiger partial charge in [-0.2, -0.15) is 0 Å². The Hall–Kier alpha value is -2.70. The molecule has 3 aromatic rings. The van der Waals surface area contributed by atoms with Crippen molar-refractivity contribution >= 4 is 17.3 Å². The van der Waals surface area contributed by atoms with Gasteiger partial charge in [-0.05, 0) is 93.4 Å². The molecule has 4 rings (SSSR count). The van der Waals surface area contributed by atoms with Crippen molar-refractivity contribution in [1.82, 2.24) is 19.8 Å². The number of thiocarbonyl (C=S) groups is 1. The molecular weight excluding hydrogens is 404 g/mol. The molecule has 2 aromatic heterocycles. The second-order valence-corrected chi connectivity index (χ2v) is 8.79. The number of aliphatic hydroxyl groups is 1. The van der Waals surface area contributed by atoms with Crippen molar-refractivity contribution in [2.24, 2.45) is 0 Å². The van der Waals surface area contributed by atoms with Crippen LogP contribution >= 0.6 is 12.2 Å². The number of nitrogens with one attached hydrogen (secondary N) is 1. The highest BCUT2D eigenvalue weighted by Crippen LogP contribution is 2.41. The van der Waals surface area contributed by atoms with Crippen LogP contribution in [0.25, 0.3) is 5.69 Å². The monoisotopic (exact) mass is 434 g/mol. The summed E-state index contributed by atoms with van der Waals surface area (Å²) in [6.07, 6.45) is 2.50. The lowest BCUT2D eigenvalue weighted by Gasteiger charge is -2.28. The van der Waals surface area contributed by atoms with Crippen LogP contribution in [0, 0.1) is 27.7 Å². The van der Waals surface area contributed by atoms with Crippen molar-refractivity contribution in [3.63, 3.8) is 0 Å². The average Bonchev–Trinajstić information content (AvgIpc) is 3.21. The van der Waals surface area contributed by atoms with E-state index in [1.165, 1.54) is 33.8 Å². The zero-order valence-electron chi connectivity index (χ0n) is 18.6. The Morgan fingerprint density at radius 3 is 2.45 bits per heavy atom. The number of nitrogens with zero attached hydrogens (tertiary/aromatic N) is 3. The molecule has 0 amide bonds. The van der Waals surface area contributed by atoms with Crippen LogP contribution in [0.15, 0.2) is 48.7 Å². The molecule has 1 aliphatic heterocycles. The Bertz CT molecular complexity index is 1070. The van der Waals surface area contributed by atoms with Gasteiger partial charge < -0.3 is 19.9 Å². The highest BCUT2D eigenvalue weighted by atomic mass is 32.1. The third kappa shape index (κ3) is 4.10. The molecule has 0 bridgehead atoms. The van der Waals surface area contributed by atoms with E-state index in [-0.39, 0.29) is 18.7 Å². The summed E-state index contributed by atoms with van der Waals surface area (Å²) < 4.78 is 2.33. The van der Waals surface area contributed by atoms with Crippen LogP contribution in [0.4, 0.5) is 0 Å². The second-order valence-electron chi connectivity index (χ2n) is 8.40. The van der Waals surface area contributed by atoms with Gasteiger partial charge in [-0.1, -0.05) is 12.1 Å². The van der Waals surface area contributed by atoms with Crippen molar-refractivity contribution in [2.45, 2.75) is 46.2 Å². The molecule has 162 valence electrons. The molecular formula is C25H30N4OS. The van der Waals surface area contributed by atoms with Crippen LogP contribution in [-0.2, 0) is 0 Å².